The average Bonchev–Trinajstić information content (AvgIpc) is 2.03. The summed E-state index contributed by atoms with van der Waals surface area (Å²) in [6.45, 7) is 5.40. The van der Waals surface area contributed by atoms with Crippen LogP contribution in [0.4, 0.5) is 5.69 Å². The van der Waals surface area contributed by atoms with Crippen LogP contribution in [0.2, 0.25) is 0 Å². The number of anilines is 1. The van der Waals surface area contributed by atoms with E-state index in [-0.39, 0.29) is 0 Å². The van der Waals surface area contributed by atoms with Gasteiger partial charge in [0.15, 0.2) is 0 Å². The molecule has 1 N–H and O–H groups in total. The summed E-state index contributed by atoms with van der Waals surface area (Å²) in [5.41, 5.74) is 1.08. The van der Waals surface area contributed by atoms with E-state index in [1.54, 1.807) is 0 Å². The lowest BCUT2D eigenvalue weighted by Crippen LogP contribution is -2.07. The Bertz CT molecular complexity index is 191. The molecule has 1 aromatic carbocycles. The molecule has 1 rings (SSSR count). The van der Waals surface area contributed by atoms with Crippen LogP contribution in [-0.4, -0.2) is 6.54 Å². The van der Waals surface area contributed by atoms with Crippen LogP contribution in [0, 0.1) is 12.0 Å². The molecule has 0 saturated carbocycles. The topological polar surface area (TPSA) is 12.0 Å². The lowest BCUT2D eigenvalue weighted by Gasteiger charge is -2.07. The Balaban J connectivity index is 2.39. The highest BCUT2D eigenvalue weighted by atomic mass is 14.9. The van der Waals surface area contributed by atoms with Gasteiger partial charge in [-0.2, -0.15) is 0 Å². The first-order valence-electron chi connectivity index (χ1n) is 3.99. The first kappa shape index (κ1) is 8.12. The average molecular weight is 148 g/mol. The first-order valence-corrected chi connectivity index (χ1v) is 3.99. The Morgan fingerprint density at radius 2 is 2.27 bits per heavy atom. The minimum absolute atomic E-state index is 0.684. The highest BCUT2D eigenvalue weighted by Crippen LogP contribution is 2.04. The highest BCUT2D eigenvalue weighted by Gasteiger charge is 1.92. The number of rotatable bonds is 3. The van der Waals surface area contributed by atoms with Crippen molar-refractivity contribution in [2.75, 3.05) is 11.9 Å². The van der Waals surface area contributed by atoms with Crippen molar-refractivity contribution in [3.05, 3.63) is 30.3 Å². The zero-order chi connectivity index (χ0) is 8.10. The van der Waals surface area contributed by atoms with Gasteiger partial charge in [-0.1, -0.05) is 32.0 Å². The van der Waals surface area contributed by atoms with E-state index in [1.807, 2.05) is 24.3 Å². The van der Waals surface area contributed by atoms with Crippen LogP contribution in [0.15, 0.2) is 24.3 Å². The number of nitrogens with one attached hydrogen (secondary N) is 1. The molecule has 1 nitrogen and oxygen atoms in total. The quantitative estimate of drug-likeness (QED) is 0.694. The van der Waals surface area contributed by atoms with Crippen molar-refractivity contribution in [1.82, 2.24) is 0 Å². The highest BCUT2D eigenvalue weighted by molar-refractivity contribution is 5.40. The fourth-order valence-electron chi connectivity index (χ4n) is 0.817. The molecule has 0 unspecified atom stereocenters. The van der Waals surface area contributed by atoms with Crippen molar-refractivity contribution in [2.24, 2.45) is 5.92 Å². The van der Waals surface area contributed by atoms with Gasteiger partial charge >= 0.3 is 0 Å². The molecule has 1 aromatic rings. The molecule has 0 heterocycles. The molecular formula is C10H14N. The van der Waals surface area contributed by atoms with E-state index in [0.717, 1.165) is 12.2 Å². The monoisotopic (exact) mass is 148 g/mol. The Hall–Kier alpha value is -0.980. The summed E-state index contributed by atoms with van der Waals surface area (Å²) in [7, 11) is 0. The van der Waals surface area contributed by atoms with Crippen LogP contribution in [-0.2, 0) is 0 Å². The summed E-state index contributed by atoms with van der Waals surface area (Å²) < 4.78 is 0. The molecule has 1 heteroatoms. The molecule has 0 aliphatic rings. The molecule has 59 valence electrons. The molecular weight excluding hydrogens is 134 g/mol. The maximum absolute atomic E-state index is 3.29. The van der Waals surface area contributed by atoms with E-state index in [9.17, 15) is 0 Å². The van der Waals surface area contributed by atoms with E-state index in [4.69, 9.17) is 0 Å². The first-order chi connectivity index (χ1) is 5.29. The van der Waals surface area contributed by atoms with Gasteiger partial charge in [0.05, 0.1) is 0 Å². The van der Waals surface area contributed by atoms with E-state index < -0.39 is 0 Å². The Morgan fingerprint density at radius 3 is 2.82 bits per heavy atom. The van der Waals surface area contributed by atoms with Gasteiger partial charge in [0.1, 0.15) is 0 Å². The predicted molar refractivity (Wildman–Crippen MR) is 48.6 cm³/mol. The standard InChI is InChI=1S/C10H14N/c1-9(2)8-11-10-6-4-3-5-7-10/h3-6,9,11H,8H2,1-2H3. The third-order valence-electron chi connectivity index (χ3n) is 1.41. The normalized spacial score (nSPS) is 10.1. The van der Waals surface area contributed by atoms with Crippen LogP contribution >= 0.6 is 0 Å². The molecule has 0 fully saturated rings. The van der Waals surface area contributed by atoms with E-state index in [2.05, 4.69) is 25.2 Å². The molecule has 0 aliphatic carbocycles. The van der Waals surface area contributed by atoms with Crippen LogP contribution < -0.4 is 5.32 Å². The smallest absolute Gasteiger partial charge is 0.0420 e. The molecule has 0 aliphatic heterocycles. The van der Waals surface area contributed by atoms with Crippen molar-refractivity contribution in [3.8, 4) is 0 Å². The summed E-state index contributed by atoms with van der Waals surface area (Å²) in [4.78, 5) is 0. The second-order valence-electron chi connectivity index (χ2n) is 3.05. The van der Waals surface area contributed by atoms with Crippen LogP contribution in [0.5, 0.6) is 0 Å². The lowest BCUT2D eigenvalue weighted by atomic mass is 10.2. The van der Waals surface area contributed by atoms with Gasteiger partial charge in [0.25, 0.3) is 0 Å². The van der Waals surface area contributed by atoms with Crippen molar-refractivity contribution >= 4 is 5.69 Å². The van der Waals surface area contributed by atoms with Crippen LogP contribution in [0.25, 0.3) is 0 Å². The maximum atomic E-state index is 3.29. The molecule has 0 aromatic heterocycles. The summed E-state index contributed by atoms with van der Waals surface area (Å²) in [5.74, 6) is 0.684. The van der Waals surface area contributed by atoms with Gasteiger partial charge in [-0.3, -0.25) is 0 Å². The van der Waals surface area contributed by atoms with Crippen molar-refractivity contribution in [1.29, 1.82) is 0 Å². The molecule has 0 atom stereocenters. The Kier molecular flexibility index (Phi) is 2.96. The van der Waals surface area contributed by atoms with Crippen LogP contribution in [0.3, 0.4) is 0 Å². The van der Waals surface area contributed by atoms with Gasteiger partial charge in [-0.15, -0.1) is 0 Å². The van der Waals surface area contributed by atoms with Crippen LogP contribution in [0.1, 0.15) is 13.8 Å². The van der Waals surface area contributed by atoms with Gasteiger partial charge in [0.2, 0.25) is 0 Å². The largest absolute Gasteiger partial charge is 0.384 e. The molecule has 1 radical (unpaired) electrons. The molecule has 11 heavy (non-hydrogen) atoms. The van der Waals surface area contributed by atoms with Gasteiger partial charge in [-0.05, 0) is 12.0 Å². The second-order valence-corrected chi connectivity index (χ2v) is 3.05. The molecule has 0 saturated heterocycles. The molecule has 0 spiro atoms. The zero-order valence-corrected chi connectivity index (χ0v) is 7.09. The van der Waals surface area contributed by atoms with Gasteiger partial charge in [0, 0.05) is 18.3 Å². The summed E-state index contributed by atoms with van der Waals surface area (Å²) in [5, 5.41) is 3.29. The molecule has 0 amide bonds. The predicted octanol–water partition coefficient (Wildman–Crippen LogP) is 2.55. The third-order valence-corrected chi connectivity index (χ3v) is 1.41. The summed E-state index contributed by atoms with van der Waals surface area (Å²) in [6, 6.07) is 11.0. The zero-order valence-electron chi connectivity index (χ0n) is 7.09. The van der Waals surface area contributed by atoms with Crippen molar-refractivity contribution in [2.45, 2.75) is 13.8 Å². The number of para-hydroxylation sites is 1. The number of benzene rings is 1. The van der Waals surface area contributed by atoms with E-state index in [0.29, 0.717) is 5.92 Å². The van der Waals surface area contributed by atoms with Gasteiger partial charge in [-0.25, -0.2) is 0 Å². The molecule has 0 bridgehead atoms. The number of hydrogen-bond acceptors (Lipinski definition) is 1. The maximum Gasteiger partial charge on any atom is 0.0420 e. The minimum Gasteiger partial charge on any atom is -0.384 e. The third kappa shape index (κ3) is 3.08. The SMILES string of the molecule is CC(C)CNc1[c]cccc1. The van der Waals surface area contributed by atoms with Crippen molar-refractivity contribution in [3.63, 3.8) is 0 Å². The van der Waals surface area contributed by atoms with Crippen molar-refractivity contribution < 1.29 is 0 Å². The lowest BCUT2D eigenvalue weighted by molar-refractivity contribution is 0.689. The Morgan fingerprint density at radius 1 is 1.45 bits per heavy atom. The summed E-state index contributed by atoms with van der Waals surface area (Å²) >= 11 is 0. The van der Waals surface area contributed by atoms with E-state index >= 15 is 0 Å². The number of hydrogen-bond donors (Lipinski definition) is 1. The minimum atomic E-state index is 0.684. The van der Waals surface area contributed by atoms with Gasteiger partial charge < -0.3 is 5.32 Å². The second kappa shape index (κ2) is 4.02. The van der Waals surface area contributed by atoms with E-state index in [1.165, 1.54) is 0 Å². The fraction of sp³-hybridized carbons (Fsp3) is 0.400. The summed E-state index contributed by atoms with van der Waals surface area (Å²) in [6.07, 6.45) is 0. The Labute approximate surface area is 68.4 Å². The fourth-order valence-corrected chi connectivity index (χ4v) is 0.817.